The summed E-state index contributed by atoms with van der Waals surface area (Å²) in [4.78, 5) is 12.2. The van der Waals surface area contributed by atoms with Gasteiger partial charge in [-0.1, -0.05) is 88.8 Å². The molecule has 0 bridgehead atoms. The molecule has 0 aliphatic carbocycles. The van der Waals surface area contributed by atoms with Crippen molar-refractivity contribution < 1.29 is 4.79 Å². The lowest BCUT2D eigenvalue weighted by molar-refractivity contribution is -0.116. The number of hydrogen-bond acceptors (Lipinski definition) is 1. The van der Waals surface area contributed by atoms with Gasteiger partial charge in [-0.2, -0.15) is 0 Å². The number of rotatable bonds is 13. The minimum absolute atomic E-state index is 0.158. The topological polar surface area (TPSA) is 29.1 Å². The average molecular weight is 346 g/mol. The molecule has 25 heavy (non-hydrogen) atoms. The zero-order valence-electron chi connectivity index (χ0n) is 17.0. The van der Waals surface area contributed by atoms with E-state index in [-0.39, 0.29) is 5.91 Å². The largest absolute Gasteiger partial charge is 0.326 e. The van der Waals surface area contributed by atoms with E-state index in [2.05, 4.69) is 45.1 Å². The summed E-state index contributed by atoms with van der Waals surface area (Å²) in [5, 5.41) is 3.10. The standard InChI is InChI=1S/C23H39NO/c1-5-6-7-8-9-10-11-12-13-14-15-16-22(25)24-23-20(3)17-19(2)18-21(23)4/h17-18H,5-16H2,1-4H3,(H,24,25). The lowest BCUT2D eigenvalue weighted by Crippen LogP contribution is -2.13. The summed E-state index contributed by atoms with van der Waals surface area (Å²) in [7, 11) is 0. The van der Waals surface area contributed by atoms with Gasteiger partial charge in [0, 0.05) is 12.1 Å². The quantitative estimate of drug-likeness (QED) is 0.375. The number of nitrogens with one attached hydrogen (secondary N) is 1. The van der Waals surface area contributed by atoms with Crippen molar-refractivity contribution in [1.82, 2.24) is 0 Å². The van der Waals surface area contributed by atoms with Crippen molar-refractivity contribution in [2.45, 2.75) is 105 Å². The van der Waals surface area contributed by atoms with E-state index in [0.29, 0.717) is 6.42 Å². The molecule has 0 spiro atoms. The molecule has 0 unspecified atom stereocenters. The Morgan fingerprint density at radius 1 is 0.760 bits per heavy atom. The third-order valence-corrected chi connectivity index (χ3v) is 4.95. The zero-order chi connectivity index (χ0) is 18.5. The predicted molar refractivity (Wildman–Crippen MR) is 110 cm³/mol. The average Bonchev–Trinajstić information content (AvgIpc) is 2.56. The highest BCUT2D eigenvalue weighted by Crippen LogP contribution is 2.22. The van der Waals surface area contributed by atoms with Crippen LogP contribution in [-0.2, 0) is 4.79 Å². The Morgan fingerprint density at radius 3 is 1.68 bits per heavy atom. The summed E-state index contributed by atoms with van der Waals surface area (Å²) in [5.41, 5.74) is 4.56. The first-order chi connectivity index (χ1) is 12.0. The number of unbranched alkanes of at least 4 members (excludes halogenated alkanes) is 10. The summed E-state index contributed by atoms with van der Waals surface area (Å²) in [6, 6.07) is 4.26. The van der Waals surface area contributed by atoms with E-state index in [1.165, 1.54) is 69.8 Å². The van der Waals surface area contributed by atoms with Gasteiger partial charge in [0.05, 0.1) is 0 Å². The summed E-state index contributed by atoms with van der Waals surface area (Å²) < 4.78 is 0. The van der Waals surface area contributed by atoms with Gasteiger partial charge in [0.2, 0.25) is 5.91 Å². The molecule has 1 N–H and O–H groups in total. The number of anilines is 1. The Hall–Kier alpha value is -1.31. The Labute approximate surface area is 155 Å². The van der Waals surface area contributed by atoms with E-state index >= 15 is 0 Å². The highest BCUT2D eigenvalue weighted by atomic mass is 16.1. The van der Waals surface area contributed by atoms with E-state index in [9.17, 15) is 4.79 Å². The second-order valence-corrected chi connectivity index (χ2v) is 7.61. The van der Waals surface area contributed by atoms with Crippen molar-refractivity contribution in [3.63, 3.8) is 0 Å². The molecule has 1 aromatic rings. The molecule has 1 aromatic carbocycles. The molecule has 0 aromatic heterocycles. The van der Waals surface area contributed by atoms with Crippen molar-refractivity contribution >= 4 is 11.6 Å². The van der Waals surface area contributed by atoms with Gasteiger partial charge in [-0.25, -0.2) is 0 Å². The number of amides is 1. The van der Waals surface area contributed by atoms with Gasteiger partial charge >= 0.3 is 0 Å². The Kier molecular flexibility index (Phi) is 11.3. The molecule has 0 aliphatic rings. The molecule has 0 radical (unpaired) electrons. The SMILES string of the molecule is CCCCCCCCCCCCCC(=O)Nc1c(C)cc(C)cc1C. The van der Waals surface area contributed by atoms with E-state index in [1.807, 2.05) is 0 Å². The summed E-state index contributed by atoms with van der Waals surface area (Å²) in [6.07, 6.45) is 15.1. The Bertz CT molecular complexity index is 484. The maximum absolute atomic E-state index is 12.2. The van der Waals surface area contributed by atoms with Gasteiger partial charge in [-0.3, -0.25) is 4.79 Å². The molecule has 1 rings (SSSR count). The smallest absolute Gasteiger partial charge is 0.224 e. The maximum Gasteiger partial charge on any atom is 0.224 e. The third kappa shape index (κ3) is 9.67. The van der Waals surface area contributed by atoms with Crippen LogP contribution in [0.3, 0.4) is 0 Å². The van der Waals surface area contributed by atoms with Crippen molar-refractivity contribution in [3.8, 4) is 0 Å². The van der Waals surface area contributed by atoms with Crippen LogP contribution in [0.5, 0.6) is 0 Å². The fourth-order valence-corrected chi connectivity index (χ4v) is 3.53. The molecule has 2 nitrogen and oxygen atoms in total. The van der Waals surface area contributed by atoms with Crippen molar-refractivity contribution in [2.75, 3.05) is 5.32 Å². The first-order valence-corrected chi connectivity index (χ1v) is 10.4. The Balaban J connectivity index is 2.06. The minimum Gasteiger partial charge on any atom is -0.326 e. The van der Waals surface area contributed by atoms with Crippen LogP contribution >= 0.6 is 0 Å². The molecule has 0 aliphatic heterocycles. The minimum atomic E-state index is 0.158. The second kappa shape index (κ2) is 13.0. The number of benzene rings is 1. The van der Waals surface area contributed by atoms with Crippen LogP contribution < -0.4 is 5.32 Å². The number of carbonyl (C=O) groups is 1. The highest BCUT2D eigenvalue weighted by Gasteiger charge is 2.08. The first-order valence-electron chi connectivity index (χ1n) is 10.4. The van der Waals surface area contributed by atoms with Gasteiger partial charge in [-0.05, 0) is 38.3 Å². The molecule has 0 saturated carbocycles. The Morgan fingerprint density at radius 2 is 1.20 bits per heavy atom. The molecule has 1 amide bonds. The van der Waals surface area contributed by atoms with Crippen molar-refractivity contribution in [3.05, 3.63) is 28.8 Å². The zero-order valence-corrected chi connectivity index (χ0v) is 17.0. The van der Waals surface area contributed by atoms with Gasteiger partial charge < -0.3 is 5.32 Å². The number of carbonyl (C=O) groups excluding carboxylic acids is 1. The maximum atomic E-state index is 12.2. The summed E-state index contributed by atoms with van der Waals surface area (Å²) >= 11 is 0. The van der Waals surface area contributed by atoms with E-state index in [4.69, 9.17) is 0 Å². The van der Waals surface area contributed by atoms with Crippen LogP contribution in [0.4, 0.5) is 5.69 Å². The highest BCUT2D eigenvalue weighted by molar-refractivity contribution is 5.92. The van der Waals surface area contributed by atoms with Crippen LogP contribution in [0.1, 0.15) is 101 Å². The molecule has 0 fully saturated rings. The van der Waals surface area contributed by atoms with Gasteiger partial charge in [-0.15, -0.1) is 0 Å². The molecule has 2 heteroatoms. The molecule has 142 valence electrons. The van der Waals surface area contributed by atoms with Gasteiger partial charge in [0.15, 0.2) is 0 Å². The van der Waals surface area contributed by atoms with Crippen LogP contribution in [-0.4, -0.2) is 5.91 Å². The fraction of sp³-hybridized carbons (Fsp3) is 0.696. The predicted octanol–water partition coefficient (Wildman–Crippen LogP) is 7.25. The van der Waals surface area contributed by atoms with E-state index in [0.717, 1.165) is 23.2 Å². The molecular formula is C23H39NO. The lowest BCUT2D eigenvalue weighted by Gasteiger charge is -2.12. The van der Waals surface area contributed by atoms with Crippen LogP contribution in [0.2, 0.25) is 0 Å². The van der Waals surface area contributed by atoms with Crippen LogP contribution in [0, 0.1) is 20.8 Å². The first kappa shape index (κ1) is 21.7. The summed E-state index contributed by atoms with van der Waals surface area (Å²) in [6.45, 7) is 8.50. The number of hydrogen-bond donors (Lipinski definition) is 1. The van der Waals surface area contributed by atoms with Crippen molar-refractivity contribution in [2.24, 2.45) is 0 Å². The molecule has 0 saturated heterocycles. The number of aryl methyl sites for hydroxylation is 3. The van der Waals surface area contributed by atoms with E-state index < -0.39 is 0 Å². The van der Waals surface area contributed by atoms with E-state index in [1.54, 1.807) is 0 Å². The monoisotopic (exact) mass is 345 g/mol. The van der Waals surface area contributed by atoms with Crippen LogP contribution in [0.25, 0.3) is 0 Å². The normalized spacial score (nSPS) is 10.9. The van der Waals surface area contributed by atoms with Gasteiger partial charge in [0.1, 0.15) is 0 Å². The van der Waals surface area contributed by atoms with Crippen LogP contribution in [0.15, 0.2) is 12.1 Å². The molecule has 0 atom stereocenters. The van der Waals surface area contributed by atoms with Gasteiger partial charge in [0.25, 0.3) is 0 Å². The molecular weight excluding hydrogens is 306 g/mol. The molecule has 0 heterocycles. The fourth-order valence-electron chi connectivity index (χ4n) is 3.53. The summed E-state index contributed by atoms with van der Waals surface area (Å²) in [5.74, 6) is 0.158. The lowest BCUT2D eigenvalue weighted by atomic mass is 10.0. The second-order valence-electron chi connectivity index (χ2n) is 7.61. The third-order valence-electron chi connectivity index (χ3n) is 4.95. The van der Waals surface area contributed by atoms with Crippen molar-refractivity contribution in [1.29, 1.82) is 0 Å².